The zero-order valence-corrected chi connectivity index (χ0v) is 14.9. The molecule has 27 heavy (non-hydrogen) atoms. The molecule has 0 radical (unpaired) electrons. The first-order chi connectivity index (χ1) is 13.0. The van der Waals surface area contributed by atoms with Crippen molar-refractivity contribution in [3.05, 3.63) is 71.7 Å². The van der Waals surface area contributed by atoms with E-state index in [1.807, 2.05) is 30.3 Å². The van der Waals surface area contributed by atoms with Crippen molar-refractivity contribution in [1.82, 2.24) is 4.98 Å². The first kappa shape index (κ1) is 18.7. The van der Waals surface area contributed by atoms with Gasteiger partial charge in [-0.15, -0.1) is 0 Å². The fourth-order valence-corrected chi connectivity index (χ4v) is 2.89. The molecule has 1 heterocycles. The quantitative estimate of drug-likeness (QED) is 0.397. The van der Waals surface area contributed by atoms with Crippen LogP contribution in [0, 0.1) is 18.2 Å². The van der Waals surface area contributed by atoms with Crippen LogP contribution in [0.15, 0.2) is 54.7 Å². The van der Waals surface area contributed by atoms with Gasteiger partial charge in [0, 0.05) is 34.8 Å². The van der Waals surface area contributed by atoms with E-state index in [4.69, 9.17) is 11.1 Å². The van der Waals surface area contributed by atoms with E-state index >= 15 is 0 Å². The van der Waals surface area contributed by atoms with Crippen molar-refractivity contribution in [1.29, 1.82) is 5.41 Å². The van der Waals surface area contributed by atoms with Crippen LogP contribution in [0.1, 0.15) is 11.1 Å². The first-order valence-electron chi connectivity index (χ1n) is 8.53. The van der Waals surface area contributed by atoms with Crippen molar-refractivity contribution in [3.63, 3.8) is 0 Å². The van der Waals surface area contributed by atoms with Crippen LogP contribution in [-0.4, -0.2) is 29.1 Å². The van der Waals surface area contributed by atoms with Crippen LogP contribution in [0.25, 0.3) is 22.4 Å². The van der Waals surface area contributed by atoms with E-state index in [1.165, 1.54) is 12.3 Å². The number of nitrogens with one attached hydrogen (secondary N) is 2. The zero-order chi connectivity index (χ0) is 19.4. The third-order valence-corrected chi connectivity index (χ3v) is 4.26. The van der Waals surface area contributed by atoms with Crippen LogP contribution in [0.2, 0.25) is 0 Å². The minimum absolute atomic E-state index is 0.188. The second kappa shape index (κ2) is 8.07. The van der Waals surface area contributed by atoms with Gasteiger partial charge in [0.1, 0.15) is 12.0 Å². The zero-order valence-electron chi connectivity index (χ0n) is 14.9. The number of benzene rings is 2. The average molecular weight is 364 g/mol. The summed E-state index contributed by atoms with van der Waals surface area (Å²) < 4.78 is 13.6. The summed E-state index contributed by atoms with van der Waals surface area (Å²) in [6.45, 7) is 1.91. The van der Waals surface area contributed by atoms with Crippen LogP contribution in [0.4, 0.5) is 10.1 Å². The highest BCUT2D eigenvalue weighted by Gasteiger charge is 2.12. The molecule has 0 bridgehead atoms. The van der Waals surface area contributed by atoms with Crippen molar-refractivity contribution >= 4 is 11.9 Å². The predicted octanol–water partition coefficient (Wildman–Crippen LogP) is 3.55. The molecular weight excluding hydrogens is 343 g/mol. The molecule has 0 saturated carbocycles. The number of hydrogen-bond acceptors (Lipinski definition) is 5. The maximum Gasteiger partial charge on any atom is 0.126 e. The van der Waals surface area contributed by atoms with Gasteiger partial charge in [0.25, 0.3) is 0 Å². The Morgan fingerprint density at radius 3 is 2.70 bits per heavy atom. The molecular formula is C21H21FN4O. The lowest BCUT2D eigenvalue weighted by Gasteiger charge is -2.14. The molecule has 0 amide bonds. The molecule has 1 atom stereocenters. The Labute approximate surface area is 157 Å². The molecule has 3 rings (SSSR count). The van der Waals surface area contributed by atoms with Gasteiger partial charge < -0.3 is 21.6 Å². The van der Waals surface area contributed by atoms with Crippen LogP contribution in [0.5, 0.6) is 0 Å². The summed E-state index contributed by atoms with van der Waals surface area (Å²) in [5, 5.41) is 19.9. The van der Waals surface area contributed by atoms with Gasteiger partial charge in [-0.1, -0.05) is 12.1 Å². The molecule has 0 saturated heterocycles. The van der Waals surface area contributed by atoms with Gasteiger partial charge in [0.2, 0.25) is 0 Å². The molecule has 138 valence electrons. The van der Waals surface area contributed by atoms with E-state index in [2.05, 4.69) is 10.3 Å². The van der Waals surface area contributed by atoms with Crippen LogP contribution in [-0.2, 0) is 0 Å². The second-order valence-corrected chi connectivity index (χ2v) is 6.26. The molecule has 0 aliphatic rings. The Hall–Kier alpha value is -3.09. The van der Waals surface area contributed by atoms with Crippen LogP contribution >= 0.6 is 0 Å². The minimum Gasteiger partial charge on any atom is -0.381 e. The number of hydrogen-bond donors (Lipinski definition) is 4. The van der Waals surface area contributed by atoms with Gasteiger partial charge in [-0.3, -0.25) is 4.98 Å². The Bertz CT molecular complexity index is 972. The summed E-state index contributed by atoms with van der Waals surface area (Å²) in [7, 11) is 0. The lowest BCUT2D eigenvalue weighted by atomic mass is 9.96. The number of pyridine rings is 1. The van der Waals surface area contributed by atoms with E-state index in [-0.39, 0.29) is 12.4 Å². The monoisotopic (exact) mass is 364 g/mol. The van der Waals surface area contributed by atoms with Gasteiger partial charge >= 0.3 is 0 Å². The number of rotatable bonds is 6. The molecule has 0 fully saturated rings. The third-order valence-electron chi connectivity index (χ3n) is 4.26. The molecule has 5 nitrogen and oxygen atoms in total. The smallest absolute Gasteiger partial charge is 0.126 e. The predicted molar refractivity (Wildman–Crippen MR) is 106 cm³/mol. The number of nitrogens with zero attached hydrogens (tertiary/aromatic N) is 1. The molecule has 0 aliphatic carbocycles. The van der Waals surface area contributed by atoms with E-state index in [1.54, 1.807) is 25.3 Å². The van der Waals surface area contributed by atoms with Crippen molar-refractivity contribution in [2.45, 2.75) is 13.2 Å². The summed E-state index contributed by atoms with van der Waals surface area (Å²) in [5.74, 6) is -0.250. The van der Waals surface area contributed by atoms with Gasteiger partial charge in [0.05, 0.1) is 12.2 Å². The van der Waals surface area contributed by atoms with Crippen LogP contribution < -0.4 is 11.1 Å². The minimum atomic E-state index is -0.977. The highest BCUT2D eigenvalue weighted by atomic mass is 19.1. The molecule has 2 aromatic carbocycles. The molecule has 0 aliphatic heterocycles. The molecule has 6 heteroatoms. The standard InChI is InChI=1S/C21H21FN4O/c1-13-9-15(4-6-18(13)22)21-17(3-2-8-25-21)14-5-7-19(16(10-14)11-23)26-12-20(24)27/h2-11,20,23,26-27H,12,24H2,1H3. The SMILES string of the molecule is Cc1cc(-c2ncccc2-c2ccc(NCC(N)O)c(C=N)c2)ccc1F. The van der Waals surface area contributed by atoms with Gasteiger partial charge in [-0.05, 0) is 54.4 Å². The average Bonchev–Trinajstić information content (AvgIpc) is 2.68. The molecule has 1 unspecified atom stereocenters. The lowest BCUT2D eigenvalue weighted by molar-refractivity contribution is 0.196. The van der Waals surface area contributed by atoms with Gasteiger partial charge in [0.15, 0.2) is 0 Å². The number of halogens is 1. The van der Waals surface area contributed by atoms with Crippen molar-refractivity contribution < 1.29 is 9.50 Å². The second-order valence-electron chi connectivity index (χ2n) is 6.26. The van der Waals surface area contributed by atoms with Crippen molar-refractivity contribution in [3.8, 4) is 22.4 Å². The van der Waals surface area contributed by atoms with Gasteiger partial charge in [-0.25, -0.2) is 4.39 Å². The molecule has 5 N–H and O–H groups in total. The number of nitrogens with two attached hydrogens (primary N) is 1. The Kier molecular flexibility index (Phi) is 5.59. The Morgan fingerprint density at radius 2 is 2.00 bits per heavy atom. The highest BCUT2D eigenvalue weighted by Crippen LogP contribution is 2.32. The summed E-state index contributed by atoms with van der Waals surface area (Å²) in [6, 6.07) is 14.3. The fourth-order valence-electron chi connectivity index (χ4n) is 2.89. The maximum absolute atomic E-state index is 13.6. The normalized spacial score (nSPS) is 11.9. The van der Waals surface area contributed by atoms with Gasteiger partial charge in [-0.2, -0.15) is 0 Å². The van der Waals surface area contributed by atoms with E-state index in [0.717, 1.165) is 22.4 Å². The number of aliphatic hydroxyl groups is 1. The molecule has 0 spiro atoms. The summed E-state index contributed by atoms with van der Waals surface area (Å²) in [6.07, 6.45) is 1.97. The number of aryl methyl sites for hydroxylation is 1. The summed E-state index contributed by atoms with van der Waals surface area (Å²) in [5.41, 5.74) is 10.6. The van der Waals surface area contributed by atoms with Crippen LogP contribution in [0.3, 0.4) is 0 Å². The number of aliphatic hydroxyl groups excluding tert-OH is 1. The van der Waals surface area contributed by atoms with E-state index in [0.29, 0.717) is 16.8 Å². The number of anilines is 1. The first-order valence-corrected chi connectivity index (χ1v) is 8.53. The largest absolute Gasteiger partial charge is 0.381 e. The number of aromatic nitrogens is 1. The molecule has 1 aromatic heterocycles. The Morgan fingerprint density at radius 1 is 1.22 bits per heavy atom. The fraction of sp³-hybridized carbons (Fsp3) is 0.143. The topological polar surface area (TPSA) is 95.0 Å². The third kappa shape index (κ3) is 4.19. The van der Waals surface area contributed by atoms with Crippen molar-refractivity contribution in [2.75, 3.05) is 11.9 Å². The summed E-state index contributed by atoms with van der Waals surface area (Å²) in [4.78, 5) is 4.49. The lowest BCUT2D eigenvalue weighted by Crippen LogP contribution is -2.28. The highest BCUT2D eigenvalue weighted by molar-refractivity contribution is 5.90. The maximum atomic E-state index is 13.6. The van der Waals surface area contributed by atoms with E-state index in [9.17, 15) is 9.50 Å². The van der Waals surface area contributed by atoms with Crippen molar-refractivity contribution in [2.24, 2.45) is 5.73 Å². The summed E-state index contributed by atoms with van der Waals surface area (Å²) >= 11 is 0. The molecule has 3 aromatic rings. The Balaban J connectivity index is 2.04. The van der Waals surface area contributed by atoms with E-state index < -0.39 is 6.23 Å².